The fourth-order valence-electron chi connectivity index (χ4n) is 1.73. The van der Waals surface area contributed by atoms with E-state index in [0.717, 1.165) is 0 Å². The predicted octanol–water partition coefficient (Wildman–Crippen LogP) is 1.79. The molecule has 0 aromatic carbocycles. The van der Waals surface area contributed by atoms with Crippen LogP contribution in [0.15, 0.2) is 15.4 Å². The number of rotatable bonds is 9. The van der Waals surface area contributed by atoms with E-state index < -0.39 is 10.0 Å². The summed E-state index contributed by atoms with van der Waals surface area (Å²) in [5.41, 5.74) is 0. The molecule has 0 saturated carbocycles. The average Bonchev–Trinajstić information content (AvgIpc) is 2.74. The van der Waals surface area contributed by atoms with Crippen LogP contribution >= 0.6 is 0 Å². The first-order valence-corrected chi connectivity index (χ1v) is 8.64. The zero-order valence-corrected chi connectivity index (χ0v) is 14.2. The molecule has 1 heterocycles. The zero-order chi connectivity index (χ0) is 16.0. The number of sulfonamides is 1. The molecule has 2 N–H and O–H groups in total. The summed E-state index contributed by atoms with van der Waals surface area (Å²) in [6.45, 7) is 10.6. The molecule has 0 aliphatic heterocycles. The Bertz CT molecular complexity index is 535. The van der Waals surface area contributed by atoms with Crippen molar-refractivity contribution in [3.8, 4) is 0 Å². The van der Waals surface area contributed by atoms with Crippen molar-refractivity contribution in [1.29, 1.82) is 0 Å². The third kappa shape index (κ3) is 6.17. The van der Waals surface area contributed by atoms with Crippen LogP contribution < -0.4 is 10.0 Å². The molecule has 0 spiro atoms. The molecule has 21 heavy (non-hydrogen) atoms. The monoisotopic (exact) mass is 318 g/mol. The van der Waals surface area contributed by atoms with Gasteiger partial charge in [0.25, 0.3) is 0 Å². The Morgan fingerprint density at radius 1 is 1.29 bits per heavy atom. The minimum Gasteiger partial charge on any atom is -0.464 e. The van der Waals surface area contributed by atoms with Crippen LogP contribution in [-0.4, -0.2) is 33.7 Å². The van der Waals surface area contributed by atoms with Crippen LogP contribution in [0.1, 0.15) is 39.2 Å². The van der Waals surface area contributed by atoms with Gasteiger partial charge >= 0.3 is 0 Å². The summed E-state index contributed by atoms with van der Waals surface area (Å²) >= 11 is 0. The van der Waals surface area contributed by atoms with Crippen molar-refractivity contribution in [2.45, 2.75) is 58.2 Å². The molecule has 1 aromatic rings. The first-order chi connectivity index (χ1) is 9.72. The Morgan fingerprint density at radius 2 is 1.95 bits per heavy atom. The maximum absolute atomic E-state index is 12.2. The SMILES string of the molecule is Cc1oc(CNC(C)C)cc1S(=O)(=O)NCCOC(C)C. The molecule has 0 fully saturated rings. The Morgan fingerprint density at radius 3 is 2.52 bits per heavy atom. The lowest BCUT2D eigenvalue weighted by molar-refractivity contribution is 0.0834. The van der Waals surface area contributed by atoms with Crippen LogP contribution in [0.5, 0.6) is 0 Å². The topological polar surface area (TPSA) is 80.6 Å². The highest BCUT2D eigenvalue weighted by molar-refractivity contribution is 7.89. The van der Waals surface area contributed by atoms with Crippen molar-refractivity contribution in [3.05, 3.63) is 17.6 Å². The fourth-order valence-corrected chi connectivity index (χ4v) is 2.95. The minimum absolute atomic E-state index is 0.0823. The van der Waals surface area contributed by atoms with Gasteiger partial charge in [-0.05, 0) is 20.8 Å². The van der Waals surface area contributed by atoms with Crippen LogP contribution in [0.2, 0.25) is 0 Å². The Hall–Kier alpha value is -0.890. The summed E-state index contributed by atoms with van der Waals surface area (Å²) in [5.74, 6) is 1.01. The van der Waals surface area contributed by atoms with Crippen molar-refractivity contribution < 1.29 is 17.6 Å². The third-order valence-electron chi connectivity index (χ3n) is 2.74. The maximum atomic E-state index is 12.2. The second-order valence-corrected chi connectivity index (χ2v) is 7.22. The summed E-state index contributed by atoms with van der Waals surface area (Å²) in [5, 5.41) is 3.19. The van der Waals surface area contributed by atoms with Crippen LogP contribution in [0.4, 0.5) is 0 Å². The third-order valence-corrected chi connectivity index (χ3v) is 4.31. The fraction of sp³-hybridized carbons (Fsp3) is 0.714. The molecule has 122 valence electrons. The van der Waals surface area contributed by atoms with Gasteiger partial charge in [0, 0.05) is 18.7 Å². The largest absolute Gasteiger partial charge is 0.464 e. The van der Waals surface area contributed by atoms with E-state index in [4.69, 9.17) is 9.15 Å². The molecule has 0 radical (unpaired) electrons. The lowest BCUT2D eigenvalue weighted by atomic mass is 10.3. The van der Waals surface area contributed by atoms with E-state index in [1.807, 2.05) is 27.7 Å². The van der Waals surface area contributed by atoms with Gasteiger partial charge in [-0.25, -0.2) is 13.1 Å². The van der Waals surface area contributed by atoms with E-state index >= 15 is 0 Å². The summed E-state index contributed by atoms with van der Waals surface area (Å²) in [6, 6.07) is 1.87. The number of furan rings is 1. The highest BCUT2D eigenvalue weighted by Gasteiger charge is 2.21. The number of aryl methyl sites for hydroxylation is 1. The molecule has 1 rings (SSSR count). The maximum Gasteiger partial charge on any atom is 0.244 e. The number of hydrogen-bond donors (Lipinski definition) is 2. The van der Waals surface area contributed by atoms with Gasteiger partial charge in [-0.15, -0.1) is 0 Å². The van der Waals surface area contributed by atoms with Gasteiger partial charge in [0.2, 0.25) is 10.0 Å². The molecule has 0 amide bonds. The number of ether oxygens (including phenoxy) is 1. The standard InChI is InChI=1S/C14H26N2O4S/c1-10(2)15-9-13-8-14(12(5)20-13)21(17,18)16-6-7-19-11(3)4/h8,10-11,15-16H,6-7,9H2,1-5H3. The van der Waals surface area contributed by atoms with Gasteiger partial charge in [-0.1, -0.05) is 13.8 Å². The Balaban J connectivity index is 2.65. The summed E-state index contributed by atoms with van der Waals surface area (Å²) in [6.07, 6.45) is 0.0823. The highest BCUT2D eigenvalue weighted by Crippen LogP contribution is 2.19. The molecule has 6 nitrogen and oxygen atoms in total. The van der Waals surface area contributed by atoms with E-state index in [2.05, 4.69) is 10.0 Å². The quantitative estimate of drug-likeness (QED) is 0.679. The van der Waals surface area contributed by atoms with Gasteiger partial charge < -0.3 is 14.5 Å². The Labute approximate surface area is 127 Å². The Kier molecular flexibility index (Phi) is 6.86. The molecule has 0 unspecified atom stereocenters. The molecule has 0 bridgehead atoms. The van der Waals surface area contributed by atoms with Crippen molar-refractivity contribution >= 4 is 10.0 Å². The highest BCUT2D eigenvalue weighted by atomic mass is 32.2. The van der Waals surface area contributed by atoms with Crippen molar-refractivity contribution in [1.82, 2.24) is 10.0 Å². The molecule has 0 saturated heterocycles. The van der Waals surface area contributed by atoms with E-state index in [1.54, 1.807) is 13.0 Å². The van der Waals surface area contributed by atoms with Gasteiger partial charge in [0.05, 0.1) is 19.3 Å². The lowest BCUT2D eigenvalue weighted by Crippen LogP contribution is -2.28. The van der Waals surface area contributed by atoms with Gasteiger partial charge in [-0.3, -0.25) is 0 Å². The normalized spacial score (nSPS) is 12.5. The van der Waals surface area contributed by atoms with Gasteiger partial charge in [0.15, 0.2) is 0 Å². The second kappa shape index (κ2) is 7.93. The van der Waals surface area contributed by atoms with Crippen LogP contribution in [0.25, 0.3) is 0 Å². The summed E-state index contributed by atoms with van der Waals surface area (Å²) in [7, 11) is -3.56. The van der Waals surface area contributed by atoms with E-state index in [-0.39, 0.29) is 17.5 Å². The summed E-state index contributed by atoms with van der Waals surface area (Å²) in [4.78, 5) is 0.188. The zero-order valence-electron chi connectivity index (χ0n) is 13.4. The van der Waals surface area contributed by atoms with Crippen LogP contribution in [0.3, 0.4) is 0 Å². The first kappa shape index (κ1) is 18.2. The van der Waals surface area contributed by atoms with E-state index in [9.17, 15) is 8.42 Å². The van der Waals surface area contributed by atoms with Crippen molar-refractivity contribution in [3.63, 3.8) is 0 Å². The van der Waals surface area contributed by atoms with E-state index in [1.165, 1.54) is 0 Å². The molecule has 0 aliphatic rings. The van der Waals surface area contributed by atoms with Gasteiger partial charge in [0.1, 0.15) is 16.4 Å². The van der Waals surface area contributed by atoms with Crippen molar-refractivity contribution in [2.24, 2.45) is 0 Å². The predicted molar refractivity (Wildman–Crippen MR) is 81.7 cm³/mol. The van der Waals surface area contributed by atoms with Crippen LogP contribution in [0, 0.1) is 6.92 Å². The molecule has 7 heteroatoms. The molecular weight excluding hydrogens is 292 g/mol. The molecule has 0 aliphatic carbocycles. The summed E-state index contributed by atoms with van der Waals surface area (Å²) < 4.78 is 37.7. The smallest absolute Gasteiger partial charge is 0.244 e. The molecule has 1 aromatic heterocycles. The average molecular weight is 318 g/mol. The van der Waals surface area contributed by atoms with E-state index in [0.29, 0.717) is 30.7 Å². The molecule has 0 atom stereocenters. The van der Waals surface area contributed by atoms with Gasteiger partial charge in [-0.2, -0.15) is 0 Å². The molecular formula is C14H26N2O4S. The second-order valence-electron chi connectivity index (χ2n) is 5.49. The minimum atomic E-state index is -3.56. The van der Waals surface area contributed by atoms with Crippen LogP contribution in [-0.2, 0) is 21.3 Å². The number of hydrogen-bond acceptors (Lipinski definition) is 5. The number of nitrogens with one attached hydrogen (secondary N) is 2. The lowest BCUT2D eigenvalue weighted by Gasteiger charge is -2.08. The van der Waals surface area contributed by atoms with Crippen molar-refractivity contribution in [2.75, 3.05) is 13.2 Å². The first-order valence-electron chi connectivity index (χ1n) is 7.16.